The van der Waals surface area contributed by atoms with Gasteiger partial charge in [0.1, 0.15) is 5.75 Å². The Morgan fingerprint density at radius 3 is 1.68 bits per heavy atom. The molecule has 0 aliphatic heterocycles. The van der Waals surface area contributed by atoms with Gasteiger partial charge in [-0.3, -0.25) is 0 Å². The first kappa shape index (κ1) is 21.4. The molecule has 25 heavy (non-hydrogen) atoms. The quantitative estimate of drug-likeness (QED) is 0.449. The zero-order valence-electron chi connectivity index (χ0n) is 15.3. The monoisotopic (exact) mass is 348 g/mol. The summed E-state index contributed by atoms with van der Waals surface area (Å²) in [5.74, 6) is -0.757. The predicted molar refractivity (Wildman–Crippen MR) is 90.4 cm³/mol. The van der Waals surface area contributed by atoms with Crippen LogP contribution < -0.4 is 39.4 Å². The van der Waals surface area contributed by atoms with Crippen LogP contribution in [-0.4, -0.2) is 11.9 Å². The Hall–Kier alpha value is -1.62. The van der Waals surface area contributed by atoms with Crippen LogP contribution in [0.4, 0.5) is 0 Å². The van der Waals surface area contributed by atoms with E-state index in [9.17, 15) is 14.7 Å². The van der Waals surface area contributed by atoms with Crippen molar-refractivity contribution in [3.05, 3.63) is 64.7 Å². The molecule has 0 atom stereocenters. The van der Waals surface area contributed by atoms with Gasteiger partial charge in [0.05, 0.1) is 11.5 Å². The van der Waals surface area contributed by atoms with Crippen LogP contribution in [0.25, 0.3) is 0 Å². The average Bonchev–Trinajstić information content (AvgIpc) is 2.54. The number of hydrogen-bond acceptors (Lipinski definition) is 4. The first-order valence-corrected chi connectivity index (χ1v) is 7.97. The number of benzene rings is 2. The summed E-state index contributed by atoms with van der Waals surface area (Å²) < 4.78 is 5.68. The van der Waals surface area contributed by atoms with Gasteiger partial charge < -0.3 is 14.6 Å². The first-order valence-electron chi connectivity index (χ1n) is 7.97. The summed E-state index contributed by atoms with van der Waals surface area (Å²) in [7, 11) is 0. The number of carboxylic acids is 1. The third kappa shape index (κ3) is 5.18. The molecule has 4 nitrogen and oxygen atoms in total. The van der Waals surface area contributed by atoms with Crippen LogP contribution in [0.2, 0.25) is 0 Å². The van der Waals surface area contributed by atoms with E-state index in [1.54, 1.807) is 0 Å². The summed E-state index contributed by atoms with van der Waals surface area (Å²) >= 11 is 0. The van der Waals surface area contributed by atoms with Crippen molar-refractivity contribution in [2.24, 2.45) is 0 Å². The molecule has 0 amide bonds. The Balaban J connectivity index is 0.00000312. The van der Waals surface area contributed by atoms with E-state index >= 15 is 0 Å². The number of carbonyl (C=O) groups excluding carboxylic acids is 2. The molecule has 126 valence electrons. The fraction of sp³-hybridized carbons (Fsp3) is 0.300. The summed E-state index contributed by atoms with van der Waals surface area (Å²) in [4.78, 5) is 23.2. The van der Waals surface area contributed by atoms with Crippen molar-refractivity contribution in [2.75, 3.05) is 0 Å². The number of hydrogen-bond donors (Lipinski definition) is 0. The minimum Gasteiger partial charge on any atom is -0.545 e. The molecule has 0 unspecified atom stereocenters. The number of carbonyl (C=O) groups is 2. The van der Waals surface area contributed by atoms with E-state index in [-0.39, 0.29) is 47.0 Å². The van der Waals surface area contributed by atoms with Gasteiger partial charge in [0.15, 0.2) is 0 Å². The summed E-state index contributed by atoms with van der Waals surface area (Å²) in [6.45, 7) is 8.19. The first-order chi connectivity index (χ1) is 11.3. The van der Waals surface area contributed by atoms with Crippen molar-refractivity contribution in [3.8, 4) is 5.75 Å². The van der Waals surface area contributed by atoms with Crippen LogP contribution in [0.15, 0.2) is 42.5 Å². The molecule has 0 aromatic heterocycles. The van der Waals surface area contributed by atoms with Crippen molar-refractivity contribution in [1.82, 2.24) is 0 Å². The van der Waals surface area contributed by atoms with Crippen LogP contribution in [0.5, 0.6) is 5.75 Å². The molecule has 2 aromatic rings. The second kappa shape index (κ2) is 9.18. The van der Waals surface area contributed by atoms with Crippen LogP contribution in [0, 0.1) is 0 Å². The van der Waals surface area contributed by atoms with Crippen molar-refractivity contribution < 1.29 is 49.0 Å². The van der Waals surface area contributed by atoms with E-state index in [1.165, 1.54) is 24.3 Å². The Morgan fingerprint density at radius 2 is 1.28 bits per heavy atom. The summed E-state index contributed by atoms with van der Waals surface area (Å²) in [5.41, 5.74) is 2.27. The SMILES string of the molecule is CC(C)c1cccc(C(C)C)c1OC(=O)c1ccc(C(=O)[O-])cc1.[Na+]. The van der Waals surface area contributed by atoms with Gasteiger partial charge in [0, 0.05) is 0 Å². The van der Waals surface area contributed by atoms with E-state index in [0.717, 1.165) is 11.1 Å². The summed E-state index contributed by atoms with van der Waals surface area (Å²) in [5, 5.41) is 10.8. The van der Waals surface area contributed by atoms with Gasteiger partial charge in [-0.2, -0.15) is 0 Å². The van der Waals surface area contributed by atoms with Gasteiger partial charge in [-0.25, -0.2) is 4.79 Å². The Kier molecular flexibility index (Phi) is 7.87. The number of para-hydroxylation sites is 1. The van der Waals surface area contributed by atoms with E-state index in [2.05, 4.69) is 0 Å². The molecule has 0 spiro atoms. The third-order valence-corrected chi connectivity index (χ3v) is 3.87. The van der Waals surface area contributed by atoms with Crippen LogP contribution >= 0.6 is 0 Å². The molecule has 0 radical (unpaired) electrons. The number of carboxylic acid groups (broad SMARTS) is 1. The van der Waals surface area contributed by atoms with Crippen molar-refractivity contribution >= 4 is 11.9 Å². The minimum atomic E-state index is -1.28. The maximum absolute atomic E-state index is 12.5. The Morgan fingerprint density at radius 1 is 0.840 bits per heavy atom. The Labute approximate surface area is 170 Å². The third-order valence-electron chi connectivity index (χ3n) is 3.87. The molecule has 0 aliphatic rings. The van der Waals surface area contributed by atoms with Crippen LogP contribution in [-0.2, 0) is 0 Å². The number of ether oxygens (including phenoxy) is 1. The maximum atomic E-state index is 12.5. The second-order valence-corrected chi connectivity index (χ2v) is 6.33. The van der Waals surface area contributed by atoms with E-state index < -0.39 is 11.9 Å². The average molecular weight is 348 g/mol. The zero-order chi connectivity index (χ0) is 17.9. The standard InChI is InChI=1S/C20H22O4.Na/c1-12(2)16-6-5-7-17(13(3)4)18(16)24-20(23)15-10-8-14(9-11-15)19(21)22;/h5-13H,1-4H3,(H,21,22);/q;+1/p-1. The van der Waals surface area contributed by atoms with Crippen molar-refractivity contribution in [2.45, 2.75) is 39.5 Å². The zero-order valence-corrected chi connectivity index (χ0v) is 17.3. The molecule has 0 heterocycles. The smallest absolute Gasteiger partial charge is 0.545 e. The predicted octanol–water partition coefficient (Wildman–Crippen LogP) is 0.520. The van der Waals surface area contributed by atoms with Crippen molar-refractivity contribution in [1.29, 1.82) is 0 Å². The molecule has 5 heteroatoms. The largest absolute Gasteiger partial charge is 1.00 e. The van der Waals surface area contributed by atoms with Gasteiger partial charge >= 0.3 is 35.5 Å². The molecular formula is C20H21NaO4. The maximum Gasteiger partial charge on any atom is 1.00 e. The normalized spacial score (nSPS) is 10.5. The number of rotatable bonds is 5. The van der Waals surface area contributed by atoms with E-state index in [0.29, 0.717) is 11.3 Å². The molecule has 2 rings (SSSR count). The van der Waals surface area contributed by atoms with Gasteiger partial charge in [-0.1, -0.05) is 58.0 Å². The molecule has 0 saturated carbocycles. The summed E-state index contributed by atoms with van der Waals surface area (Å²) in [6.07, 6.45) is 0. The minimum absolute atomic E-state index is 0. The van der Waals surface area contributed by atoms with Gasteiger partial charge in [-0.05, 0) is 40.7 Å². The van der Waals surface area contributed by atoms with Gasteiger partial charge in [0.2, 0.25) is 0 Å². The molecule has 0 bridgehead atoms. The molecule has 2 aromatic carbocycles. The molecule has 0 aliphatic carbocycles. The molecule has 0 N–H and O–H groups in total. The Bertz CT molecular complexity index is 723. The van der Waals surface area contributed by atoms with Crippen LogP contribution in [0.3, 0.4) is 0 Å². The fourth-order valence-electron chi connectivity index (χ4n) is 2.49. The van der Waals surface area contributed by atoms with Crippen molar-refractivity contribution in [3.63, 3.8) is 0 Å². The number of aromatic carboxylic acids is 1. The van der Waals surface area contributed by atoms with Crippen LogP contribution in [0.1, 0.15) is 71.4 Å². The number of esters is 1. The molecule has 0 saturated heterocycles. The fourth-order valence-corrected chi connectivity index (χ4v) is 2.49. The van der Waals surface area contributed by atoms with E-state index in [4.69, 9.17) is 4.74 Å². The van der Waals surface area contributed by atoms with Gasteiger partial charge in [0.25, 0.3) is 0 Å². The topological polar surface area (TPSA) is 66.4 Å². The second-order valence-electron chi connectivity index (χ2n) is 6.33. The van der Waals surface area contributed by atoms with Gasteiger partial charge in [-0.15, -0.1) is 0 Å². The summed E-state index contributed by atoms with van der Waals surface area (Å²) in [6, 6.07) is 11.4. The van der Waals surface area contributed by atoms with E-state index in [1.807, 2.05) is 45.9 Å². The molecule has 0 fully saturated rings. The molecular weight excluding hydrogens is 327 g/mol.